The molecule has 0 aliphatic carbocycles. The van der Waals surface area contributed by atoms with Crippen molar-refractivity contribution in [2.45, 2.75) is 32.1 Å². The van der Waals surface area contributed by atoms with E-state index in [0.717, 1.165) is 42.9 Å². The van der Waals surface area contributed by atoms with E-state index in [2.05, 4.69) is 53.7 Å². The third-order valence-corrected chi connectivity index (χ3v) is 5.02. The number of nitrogens with zero attached hydrogens (tertiary/aromatic N) is 2. The molecule has 0 amide bonds. The molecule has 4 heteroatoms. The molecule has 4 rings (SSSR count). The Bertz CT molecular complexity index is 862. The minimum absolute atomic E-state index is 0.491. The predicted octanol–water partition coefficient (Wildman–Crippen LogP) is 3.64. The van der Waals surface area contributed by atoms with Crippen molar-refractivity contribution in [3.05, 3.63) is 65.0 Å². The first-order chi connectivity index (χ1) is 11.7. The highest BCUT2D eigenvalue weighted by Crippen LogP contribution is 2.29. The van der Waals surface area contributed by atoms with E-state index in [4.69, 9.17) is 0 Å². The Morgan fingerprint density at radius 2 is 1.92 bits per heavy atom. The summed E-state index contributed by atoms with van der Waals surface area (Å²) in [6.07, 6.45) is 4.76. The Balaban J connectivity index is 1.65. The fourth-order valence-electron chi connectivity index (χ4n) is 3.74. The van der Waals surface area contributed by atoms with E-state index in [1.165, 1.54) is 27.5 Å². The predicted molar refractivity (Wildman–Crippen MR) is 95.7 cm³/mol. The number of aromatic nitrogens is 2. The van der Waals surface area contributed by atoms with Crippen LogP contribution in [-0.4, -0.2) is 28.2 Å². The van der Waals surface area contributed by atoms with Crippen LogP contribution >= 0.6 is 0 Å². The topological polar surface area (TPSA) is 50.1 Å². The first-order valence-electron chi connectivity index (χ1n) is 8.67. The molecule has 1 fully saturated rings. The van der Waals surface area contributed by atoms with Gasteiger partial charge in [0.25, 0.3) is 0 Å². The Kier molecular flexibility index (Phi) is 3.98. The molecule has 2 N–H and O–H groups in total. The summed E-state index contributed by atoms with van der Waals surface area (Å²) in [7, 11) is 0. The molecule has 3 aromatic rings. The number of aryl methyl sites for hydroxylation is 1. The molecule has 124 valence electrons. The Labute approximate surface area is 142 Å². The van der Waals surface area contributed by atoms with E-state index in [0.29, 0.717) is 5.92 Å². The lowest BCUT2D eigenvalue weighted by molar-refractivity contribution is 0.147. The molecule has 1 saturated heterocycles. The zero-order valence-electron chi connectivity index (χ0n) is 14.0. The molecule has 0 spiro atoms. The van der Waals surface area contributed by atoms with Crippen LogP contribution in [0.3, 0.4) is 0 Å². The number of rotatable bonds is 3. The van der Waals surface area contributed by atoms with Crippen molar-refractivity contribution >= 4 is 10.8 Å². The van der Waals surface area contributed by atoms with Crippen molar-refractivity contribution in [3.63, 3.8) is 0 Å². The Hall–Kier alpha value is -2.33. The fraction of sp³-hybridized carbons (Fsp3) is 0.350. The Morgan fingerprint density at radius 3 is 2.75 bits per heavy atom. The van der Waals surface area contributed by atoms with Crippen molar-refractivity contribution in [3.8, 4) is 0 Å². The van der Waals surface area contributed by atoms with Gasteiger partial charge >= 0.3 is 0 Å². The van der Waals surface area contributed by atoms with Crippen molar-refractivity contribution in [2.24, 2.45) is 0 Å². The quantitative estimate of drug-likeness (QED) is 0.724. The number of hydrogen-bond acceptors (Lipinski definition) is 3. The molecule has 24 heavy (non-hydrogen) atoms. The third-order valence-electron chi connectivity index (χ3n) is 5.02. The lowest BCUT2D eigenvalue weighted by atomic mass is 9.89. The number of piperidine rings is 1. The maximum Gasteiger partial charge on any atom is 0.0738 e. The fourth-order valence-corrected chi connectivity index (χ4v) is 3.74. The van der Waals surface area contributed by atoms with Gasteiger partial charge in [0.05, 0.1) is 11.9 Å². The smallest absolute Gasteiger partial charge is 0.0738 e. The molecule has 0 radical (unpaired) electrons. The van der Waals surface area contributed by atoms with Crippen LogP contribution in [0.4, 0.5) is 0 Å². The maximum absolute atomic E-state index is 9.84. The normalized spacial score (nSPS) is 15.9. The summed E-state index contributed by atoms with van der Waals surface area (Å²) in [5.41, 5.74) is 4.71. The molecule has 0 saturated carbocycles. The van der Waals surface area contributed by atoms with Gasteiger partial charge in [0.15, 0.2) is 0 Å². The second-order valence-electron chi connectivity index (χ2n) is 6.84. The standard InChI is InChI=1S/C20H23N3O/c1-14-2-4-16-5-3-15(11-18(16)10-14)12-20-19(13-23(24)22-20)17-6-8-21-9-7-17/h2-5,10-11,13,17,21,24H,6-9,12H2,1H3. The molecular weight excluding hydrogens is 298 g/mol. The van der Waals surface area contributed by atoms with Crippen LogP contribution in [0.2, 0.25) is 0 Å². The highest BCUT2D eigenvalue weighted by Gasteiger charge is 2.21. The molecular formula is C20H23N3O. The van der Waals surface area contributed by atoms with Crippen LogP contribution < -0.4 is 5.32 Å². The average Bonchev–Trinajstić information content (AvgIpc) is 2.95. The van der Waals surface area contributed by atoms with Gasteiger partial charge in [-0.25, -0.2) is 0 Å². The van der Waals surface area contributed by atoms with Gasteiger partial charge in [0, 0.05) is 12.0 Å². The van der Waals surface area contributed by atoms with Crippen LogP contribution in [0.1, 0.15) is 41.1 Å². The van der Waals surface area contributed by atoms with E-state index >= 15 is 0 Å². The van der Waals surface area contributed by atoms with Crippen LogP contribution in [0.15, 0.2) is 42.6 Å². The van der Waals surface area contributed by atoms with Gasteiger partial charge in [0.1, 0.15) is 0 Å². The van der Waals surface area contributed by atoms with Gasteiger partial charge in [-0.1, -0.05) is 42.0 Å². The Morgan fingerprint density at radius 1 is 1.12 bits per heavy atom. The highest BCUT2D eigenvalue weighted by molar-refractivity contribution is 5.83. The number of hydrogen-bond donors (Lipinski definition) is 2. The molecule has 2 heterocycles. The summed E-state index contributed by atoms with van der Waals surface area (Å²) >= 11 is 0. The van der Waals surface area contributed by atoms with Crippen LogP contribution in [0.5, 0.6) is 0 Å². The molecule has 0 bridgehead atoms. The first kappa shape index (κ1) is 15.2. The second kappa shape index (κ2) is 6.29. The largest absolute Gasteiger partial charge is 0.412 e. The van der Waals surface area contributed by atoms with E-state index < -0.39 is 0 Å². The summed E-state index contributed by atoms with van der Waals surface area (Å²) in [4.78, 5) is 0.984. The van der Waals surface area contributed by atoms with Gasteiger partial charge < -0.3 is 10.5 Å². The SMILES string of the molecule is Cc1ccc2ccc(Cc3nn(O)cc3C3CCNCC3)cc2c1. The van der Waals surface area contributed by atoms with Gasteiger partial charge in [0.2, 0.25) is 0 Å². The van der Waals surface area contributed by atoms with E-state index in [9.17, 15) is 5.21 Å². The van der Waals surface area contributed by atoms with E-state index in [1.54, 1.807) is 6.20 Å². The lowest BCUT2D eigenvalue weighted by Crippen LogP contribution is -2.26. The minimum atomic E-state index is 0.491. The van der Waals surface area contributed by atoms with Crippen molar-refractivity contribution in [1.29, 1.82) is 0 Å². The van der Waals surface area contributed by atoms with Crippen LogP contribution in [0.25, 0.3) is 10.8 Å². The van der Waals surface area contributed by atoms with Crippen LogP contribution in [-0.2, 0) is 6.42 Å². The molecule has 0 atom stereocenters. The maximum atomic E-state index is 9.84. The molecule has 1 aromatic heterocycles. The third kappa shape index (κ3) is 3.02. The van der Waals surface area contributed by atoms with E-state index in [-0.39, 0.29) is 0 Å². The minimum Gasteiger partial charge on any atom is -0.412 e. The number of fused-ring (bicyclic) bond motifs is 1. The molecule has 4 nitrogen and oxygen atoms in total. The highest BCUT2D eigenvalue weighted by atomic mass is 16.5. The van der Waals surface area contributed by atoms with Gasteiger partial charge in [-0.15, -0.1) is 9.94 Å². The summed E-state index contributed by atoms with van der Waals surface area (Å²) < 4.78 is 0. The zero-order valence-corrected chi connectivity index (χ0v) is 14.0. The summed E-state index contributed by atoms with van der Waals surface area (Å²) in [6.45, 7) is 4.20. The molecule has 2 aromatic carbocycles. The number of benzene rings is 2. The number of nitrogens with one attached hydrogen (secondary N) is 1. The van der Waals surface area contributed by atoms with Crippen molar-refractivity contribution < 1.29 is 5.21 Å². The lowest BCUT2D eigenvalue weighted by Gasteiger charge is -2.22. The van der Waals surface area contributed by atoms with Gasteiger partial charge in [-0.2, -0.15) is 0 Å². The zero-order chi connectivity index (χ0) is 16.5. The molecule has 1 aliphatic heterocycles. The first-order valence-corrected chi connectivity index (χ1v) is 8.67. The monoisotopic (exact) mass is 321 g/mol. The van der Waals surface area contributed by atoms with Gasteiger partial charge in [-0.05, 0) is 55.1 Å². The van der Waals surface area contributed by atoms with Crippen LogP contribution in [0, 0.1) is 6.92 Å². The van der Waals surface area contributed by atoms with Crippen molar-refractivity contribution in [2.75, 3.05) is 13.1 Å². The summed E-state index contributed by atoms with van der Waals surface area (Å²) in [6, 6.07) is 13.1. The summed E-state index contributed by atoms with van der Waals surface area (Å²) in [5, 5.41) is 20.1. The second-order valence-corrected chi connectivity index (χ2v) is 6.84. The van der Waals surface area contributed by atoms with E-state index in [1.807, 2.05) is 0 Å². The molecule has 1 aliphatic rings. The summed E-state index contributed by atoms with van der Waals surface area (Å²) in [5.74, 6) is 0.491. The molecule has 0 unspecified atom stereocenters. The average molecular weight is 321 g/mol. The van der Waals surface area contributed by atoms with Crippen molar-refractivity contribution in [1.82, 2.24) is 15.3 Å². The van der Waals surface area contributed by atoms with Gasteiger partial charge in [-0.3, -0.25) is 0 Å².